The minimum atomic E-state index is 0.804. The highest BCUT2D eigenvalue weighted by Gasteiger charge is 2.17. The number of hydrogen-bond donors (Lipinski definition) is 1. The molecule has 1 aromatic rings. The van der Waals surface area contributed by atoms with Gasteiger partial charge in [-0.05, 0) is 60.4 Å². The van der Waals surface area contributed by atoms with E-state index in [4.69, 9.17) is 0 Å². The molecule has 2 heterocycles. The molecule has 0 spiro atoms. The van der Waals surface area contributed by atoms with E-state index < -0.39 is 0 Å². The average Bonchev–Trinajstić information content (AvgIpc) is 2.38. The Bertz CT molecular complexity index is 348. The fourth-order valence-corrected chi connectivity index (χ4v) is 2.67. The summed E-state index contributed by atoms with van der Waals surface area (Å²) < 4.78 is 1.05. The lowest BCUT2D eigenvalue weighted by Gasteiger charge is -2.31. The van der Waals surface area contributed by atoms with Crippen molar-refractivity contribution in [2.75, 3.05) is 31.5 Å². The molecular formula is C13H20BrN3. The van der Waals surface area contributed by atoms with E-state index in [1.807, 2.05) is 18.5 Å². The van der Waals surface area contributed by atoms with Crippen LogP contribution in [-0.2, 0) is 0 Å². The van der Waals surface area contributed by atoms with E-state index in [9.17, 15) is 0 Å². The van der Waals surface area contributed by atoms with Gasteiger partial charge in [0.15, 0.2) is 0 Å². The molecule has 0 radical (unpaired) electrons. The van der Waals surface area contributed by atoms with Gasteiger partial charge < -0.3 is 10.2 Å². The van der Waals surface area contributed by atoms with Gasteiger partial charge in [0, 0.05) is 18.9 Å². The van der Waals surface area contributed by atoms with Crippen molar-refractivity contribution >= 4 is 21.6 Å². The Morgan fingerprint density at radius 1 is 1.47 bits per heavy atom. The first-order chi connectivity index (χ1) is 8.29. The first-order valence-corrected chi connectivity index (χ1v) is 7.14. The Morgan fingerprint density at radius 2 is 2.24 bits per heavy atom. The first-order valence-electron chi connectivity index (χ1n) is 6.35. The molecule has 1 N–H and O–H groups in total. The van der Waals surface area contributed by atoms with Gasteiger partial charge in [-0.25, -0.2) is 0 Å². The predicted molar refractivity (Wildman–Crippen MR) is 75.3 cm³/mol. The molecule has 0 saturated carbocycles. The zero-order valence-corrected chi connectivity index (χ0v) is 11.9. The van der Waals surface area contributed by atoms with Crippen molar-refractivity contribution in [1.82, 2.24) is 9.88 Å². The number of rotatable bonds is 4. The summed E-state index contributed by atoms with van der Waals surface area (Å²) in [5, 5.41) is 3.51. The molecule has 2 rings (SSSR count). The van der Waals surface area contributed by atoms with Crippen molar-refractivity contribution in [3.8, 4) is 0 Å². The van der Waals surface area contributed by atoms with Gasteiger partial charge in [-0.3, -0.25) is 4.98 Å². The average molecular weight is 298 g/mol. The Hall–Kier alpha value is -0.610. The molecule has 1 aliphatic heterocycles. The van der Waals surface area contributed by atoms with E-state index in [2.05, 4.69) is 38.1 Å². The van der Waals surface area contributed by atoms with Crippen LogP contribution in [0.2, 0.25) is 0 Å². The Balaban J connectivity index is 1.78. The largest absolute Gasteiger partial charge is 0.384 e. The summed E-state index contributed by atoms with van der Waals surface area (Å²) in [4.78, 5) is 6.59. The van der Waals surface area contributed by atoms with E-state index in [1.54, 1.807) is 0 Å². The number of nitrogens with one attached hydrogen (secondary N) is 1. The van der Waals surface area contributed by atoms with Crippen LogP contribution in [0.4, 0.5) is 5.69 Å². The highest BCUT2D eigenvalue weighted by molar-refractivity contribution is 9.10. The van der Waals surface area contributed by atoms with Gasteiger partial charge in [-0.15, -0.1) is 0 Å². The summed E-state index contributed by atoms with van der Waals surface area (Å²) >= 11 is 3.51. The smallest absolute Gasteiger partial charge is 0.0590 e. The van der Waals surface area contributed by atoms with Gasteiger partial charge >= 0.3 is 0 Å². The van der Waals surface area contributed by atoms with Crippen molar-refractivity contribution in [2.45, 2.75) is 19.8 Å². The zero-order chi connectivity index (χ0) is 12.1. The predicted octanol–water partition coefficient (Wildman–Crippen LogP) is 2.99. The standard InChI is InChI=1S/C13H20BrN3/c1-2-17-7-4-11(5-8-17)9-16-13-3-6-15-10-12(13)14/h3,6,10-11H,2,4-5,7-9H2,1H3,(H,15,16). The number of likely N-dealkylation sites (tertiary alicyclic amines) is 1. The van der Waals surface area contributed by atoms with E-state index in [-0.39, 0.29) is 0 Å². The van der Waals surface area contributed by atoms with E-state index in [0.717, 1.165) is 22.6 Å². The van der Waals surface area contributed by atoms with Gasteiger partial charge in [-0.2, -0.15) is 0 Å². The molecule has 1 saturated heterocycles. The molecule has 1 fully saturated rings. The number of nitrogens with zero attached hydrogens (tertiary/aromatic N) is 2. The highest BCUT2D eigenvalue weighted by atomic mass is 79.9. The van der Waals surface area contributed by atoms with Crippen LogP contribution in [0.15, 0.2) is 22.9 Å². The maximum absolute atomic E-state index is 4.07. The first kappa shape index (κ1) is 12.8. The Labute approximate surface area is 112 Å². The molecular weight excluding hydrogens is 278 g/mol. The maximum atomic E-state index is 4.07. The summed E-state index contributed by atoms with van der Waals surface area (Å²) in [5.41, 5.74) is 1.15. The summed E-state index contributed by atoms with van der Waals surface area (Å²) in [6.07, 6.45) is 6.28. The molecule has 94 valence electrons. The van der Waals surface area contributed by atoms with Gasteiger partial charge in [0.25, 0.3) is 0 Å². The second-order valence-electron chi connectivity index (χ2n) is 4.61. The van der Waals surface area contributed by atoms with E-state index in [1.165, 1.54) is 32.5 Å². The Morgan fingerprint density at radius 3 is 2.88 bits per heavy atom. The quantitative estimate of drug-likeness (QED) is 0.926. The third-order valence-electron chi connectivity index (χ3n) is 3.51. The second-order valence-corrected chi connectivity index (χ2v) is 5.47. The van der Waals surface area contributed by atoms with Crippen LogP contribution < -0.4 is 5.32 Å². The molecule has 3 nitrogen and oxygen atoms in total. The fourth-order valence-electron chi connectivity index (χ4n) is 2.28. The Kier molecular flexibility index (Phi) is 4.80. The lowest BCUT2D eigenvalue weighted by Crippen LogP contribution is -2.35. The summed E-state index contributed by atoms with van der Waals surface area (Å²) in [7, 11) is 0. The SMILES string of the molecule is CCN1CCC(CNc2ccncc2Br)CC1. The lowest BCUT2D eigenvalue weighted by molar-refractivity contribution is 0.198. The molecule has 0 unspecified atom stereocenters. The van der Waals surface area contributed by atoms with Crippen molar-refractivity contribution in [3.05, 3.63) is 22.9 Å². The molecule has 0 aliphatic carbocycles. The van der Waals surface area contributed by atoms with Crippen LogP contribution in [0.3, 0.4) is 0 Å². The van der Waals surface area contributed by atoms with Gasteiger partial charge in [0.1, 0.15) is 0 Å². The number of anilines is 1. The maximum Gasteiger partial charge on any atom is 0.0590 e. The number of aromatic nitrogens is 1. The molecule has 17 heavy (non-hydrogen) atoms. The minimum Gasteiger partial charge on any atom is -0.384 e. The topological polar surface area (TPSA) is 28.2 Å². The third kappa shape index (κ3) is 3.68. The summed E-state index contributed by atoms with van der Waals surface area (Å²) in [6.45, 7) is 7.00. The van der Waals surface area contributed by atoms with Crippen molar-refractivity contribution in [3.63, 3.8) is 0 Å². The fraction of sp³-hybridized carbons (Fsp3) is 0.615. The van der Waals surface area contributed by atoms with Gasteiger partial charge in [0.2, 0.25) is 0 Å². The molecule has 0 aromatic carbocycles. The van der Waals surface area contributed by atoms with Crippen LogP contribution in [0.25, 0.3) is 0 Å². The number of pyridine rings is 1. The van der Waals surface area contributed by atoms with Crippen molar-refractivity contribution in [2.24, 2.45) is 5.92 Å². The van der Waals surface area contributed by atoms with Gasteiger partial charge in [-0.1, -0.05) is 6.92 Å². The van der Waals surface area contributed by atoms with Crippen LogP contribution in [0, 0.1) is 5.92 Å². The molecule has 0 atom stereocenters. The molecule has 1 aliphatic rings. The van der Waals surface area contributed by atoms with Gasteiger partial charge in [0.05, 0.1) is 10.2 Å². The zero-order valence-electron chi connectivity index (χ0n) is 10.3. The lowest BCUT2D eigenvalue weighted by atomic mass is 9.97. The molecule has 0 bridgehead atoms. The molecule has 1 aromatic heterocycles. The van der Waals surface area contributed by atoms with Crippen molar-refractivity contribution < 1.29 is 0 Å². The summed E-state index contributed by atoms with van der Waals surface area (Å²) in [5.74, 6) is 0.804. The second kappa shape index (κ2) is 6.36. The van der Waals surface area contributed by atoms with Crippen LogP contribution in [0.5, 0.6) is 0 Å². The number of hydrogen-bond acceptors (Lipinski definition) is 3. The summed E-state index contributed by atoms with van der Waals surface area (Å²) in [6, 6.07) is 2.02. The van der Waals surface area contributed by atoms with Crippen LogP contribution in [-0.4, -0.2) is 36.1 Å². The van der Waals surface area contributed by atoms with Crippen molar-refractivity contribution in [1.29, 1.82) is 0 Å². The van der Waals surface area contributed by atoms with Crippen LogP contribution in [0.1, 0.15) is 19.8 Å². The monoisotopic (exact) mass is 297 g/mol. The number of halogens is 1. The minimum absolute atomic E-state index is 0.804. The van der Waals surface area contributed by atoms with Crippen LogP contribution >= 0.6 is 15.9 Å². The molecule has 4 heteroatoms. The third-order valence-corrected chi connectivity index (χ3v) is 4.14. The molecule has 0 amide bonds. The van der Waals surface area contributed by atoms with E-state index in [0.29, 0.717) is 0 Å². The highest BCUT2D eigenvalue weighted by Crippen LogP contribution is 2.22. The van der Waals surface area contributed by atoms with E-state index >= 15 is 0 Å². The number of piperidine rings is 1. The normalized spacial score (nSPS) is 18.2.